The lowest BCUT2D eigenvalue weighted by Gasteiger charge is -2.14. The first-order valence-corrected chi connectivity index (χ1v) is 5.63. The summed E-state index contributed by atoms with van der Waals surface area (Å²) in [5.74, 6) is 1.28. The van der Waals surface area contributed by atoms with Crippen LogP contribution in [0.2, 0.25) is 0 Å². The average molecular weight is 199 g/mol. The molecule has 0 spiro atoms. The Morgan fingerprint density at radius 1 is 1.57 bits per heavy atom. The van der Waals surface area contributed by atoms with Gasteiger partial charge in [0.1, 0.15) is 0 Å². The second-order valence-electron chi connectivity index (χ2n) is 4.24. The van der Waals surface area contributed by atoms with Gasteiger partial charge >= 0.3 is 0 Å². The lowest BCUT2D eigenvalue weighted by Crippen LogP contribution is -2.29. The van der Waals surface area contributed by atoms with Gasteiger partial charge in [0.25, 0.3) is 0 Å². The van der Waals surface area contributed by atoms with E-state index in [2.05, 4.69) is 12.2 Å². The van der Waals surface area contributed by atoms with E-state index < -0.39 is 0 Å². The number of carbonyl (C=O) groups excluding carboxylic acids is 1. The van der Waals surface area contributed by atoms with E-state index in [4.69, 9.17) is 5.11 Å². The number of rotatable bonds is 7. The molecular formula is C11H21NO2. The number of hydrogen-bond acceptors (Lipinski definition) is 2. The summed E-state index contributed by atoms with van der Waals surface area (Å²) < 4.78 is 0. The predicted molar refractivity (Wildman–Crippen MR) is 55.8 cm³/mol. The first-order chi connectivity index (χ1) is 6.76. The predicted octanol–water partition coefficient (Wildman–Crippen LogP) is 1.31. The van der Waals surface area contributed by atoms with Crippen LogP contribution in [-0.4, -0.2) is 24.2 Å². The molecule has 1 unspecified atom stereocenters. The number of hydrogen-bond donors (Lipinski definition) is 2. The second-order valence-corrected chi connectivity index (χ2v) is 4.24. The van der Waals surface area contributed by atoms with E-state index in [0.29, 0.717) is 18.3 Å². The highest BCUT2D eigenvalue weighted by Gasteiger charge is 2.24. The lowest BCUT2D eigenvalue weighted by atomic mass is 10.0. The fraction of sp³-hybridized carbons (Fsp3) is 0.909. The molecule has 1 atom stereocenters. The highest BCUT2D eigenvalue weighted by molar-refractivity contribution is 5.76. The van der Waals surface area contributed by atoms with Crippen LogP contribution in [0.3, 0.4) is 0 Å². The molecule has 0 aromatic rings. The number of aliphatic hydroxyl groups excluding tert-OH is 1. The second kappa shape index (κ2) is 6.02. The van der Waals surface area contributed by atoms with Crippen LogP contribution in [-0.2, 0) is 4.79 Å². The largest absolute Gasteiger partial charge is 0.396 e. The maximum atomic E-state index is 11.3. The van der Waals surface area contributed by atoms with Crippen molar-refractivity contribution in [3.05, 3.63) is 0 Å². The fourth-order valence-electron chi connectivity index (χ4n) is 1.55. The van der Waals surface area contributed by atoms with Crippen molar-refractivity contribution >= 4 is 5.91 Å². The molecular weight excluding hydrogens is 178 g/mol. The minimum absolute atomic E-state index is 0.184. The molecule has 3 nitrogen and oxygen atoms in total. The Morgan fingerprint density at radius 3 is 2.79 bits per heavy atom. The molecule has 0 aromatic heterocycles. The van der Waals surface area contributed by atoms with Gasteiger partial charge < -0.3 is 10.4 Å². The van der Waals surface area contributed by atoms with Crippen molar-refractivity contribution in [1.82, 2.24) is 5.32 Å². The van der Waals surface area contributed by atoms with Gasteiger partial charge in [-0.3, -0.25) is 4.79 Å². The summed E-state index contributed by atoms with van der Waals surface area (Å²) in [5.41, 5.74) is 0. The van der Waals surface area contributed by atoms with E-state index >= 15 is 0 Å². The Bertz CT molecular complexity index is 178. The smallest absolute Gasteiger partial charge is 0.220 e. The van der Waals surface area contributed by atoms with Crippen LogP contribution >= 0.6 is 0 Å². The van der Waals surface area contributed by atoms with E-state index in [-0.39, 0.29) is 12.5 Å². The number of carbonyl (C=O) groups is 1. The zero-order valence-corrected chi connectivity index (χ0v) is 8.96. The number of aliphatic hydroxyl groups is 1. The molecule has 0 aromatic carbocycles. The Hall–Kier alpha value is -0.570. The average Bonchev–Trinajstić information content (AvgIpc) is 2.96. The third kappa shape index (κ3) is 4.61. The van der Waals surface area contributed by atoms with Gasteiger partial charge in [-0.1, -0.05) is 13.3 Å². The van der Waals surface area contributed by atoms with Gasteiger partial charge in [-0.15, -0.1) is 0 Å². The van der Waals surface area contributed by atoms with Crippen molar-refractivity contribution < 1.29 is 9.90 Å². The summed E-state index contributed by atoms with van der Waals surface area (Å²) in [7, 11) is 0. The molecule has 1 aliphatic carbocycles. The fourth-order valence-corrected chi connectivity index (χ4v) is 1.55. The summed E-state index contributed by atoms with van der Waals surface area (Å²) in [5, 5.41) is 11.7. The highest BCUT2D eigenvalue weighted by Crippen LogP contribution is 2.32. The Morgan fingerprint density at radius 2 is 2.29 bits per heavy atom. The van der Waals surface area contributed by atoms with Crippen molar-refractivity contribution in [1.29, 1.82) is 0 Å². The molecule has 1 amide bonds. The van der Waals surface area contributed by atoms with Crippen molar-refractivity contribution in [2.45, 2.75) is 39.0 Å². The summed E-state index contributed by atoms with van der Waals surface area (Å²) in [6.45, 7) is 3.03. The van der Waals surface area contributed by atoms with Crippen LogP contribution in [0.5, 0.6) is 0 Å². The Balaban J connectivity index is 2.06. The normalized spacial score (nSPS) is 17.9. The standard InChI is InChI=1S/C11H21NO2/c1-2-9(5-6-13)8-12-11(14)7-10-3-4-10/h9-10,13H,2-8H2,1H3,(H,12,14). The van der Waals surface area contributed by atoms with Gasteiger partial charge in [0.05, 0.1) is 0 Å². The van der Waals surface area contributed by atoms with E-state index in [1.807, 2.05) is 0 Å². The van der Waals surface area contributed by atoms with Crippen LogP contribution in [0.15, 0.2) is 0 Å². The highest BCUT2D eigenvalue weighted by atomic mass is 16.3. The maximum Gasteiger partial charge on any atom is 0.220 e. The third-order valence-electron chi connectivity index (χ3n) is 2.87. The van der Waals surface area contributed by atoms with Crippen LogP contribution in [0, 0.1) is 11.8 Å². The molecule has 0 bridgehead atoms. The van der Waals surface area contributed by atoms with Crippen LogP contribution in [0.1, 0.15) is 39.0 Å². The van der Waals surface area contributed by atoms with E-state index in [0.717, 1.165) is 19.4 Å². The van der Waals surface area contributed by atoms with Gasteiger partial charge in [0.15, 0.2) is 0 Å². The molecule has 0 radical (unpaired) electrons. The van der Waals surface area contributed by atoms with Gasteiger partial charge in [-0.05, 0) is 31.1 Å². The van der Waals surface area contributed by atoms with Gasteiger partial charge in [-0.2, -0.15) is 0 Å². The van der Waals surface area contributed by atoms with Crippen LogP contribution in [0.4, 0.5) is 0 Å². The van der Waals surface area contributed by atoms with Crippen molar-refractivity contribution in [2.24, 2.45) is 11.8 Å². The Labute approximate surface area is 85.9 Å². The maximum absolute atomic E-state index is 11.3. The molecule has 14 heavy (non-hydrogen) atoms. The molecule has 0 aliphatic heterocycles. The quantitative estimate of drug-likeness (QED) is 0.649. The molecule has 0 heterocycles. The van der Waals surface area contributed by atoms with E-state index in [1.165, 1.54) is 12.8 Å². The molecule has 2 N–H and O–H groups in total. The summed E-state index contributed by atoms with van der Waals surface area (Å²) in [6.07, 6.45) is 4.96. The topological polar surface area (TPSA) is 49.3 Å². The molecule has 1 fully saturated rings. The van der Waals surface area contributed by atoms with Crippen molar-refractivity contribution in [3.8, 4) is 0 Å². The Kier molecular flexibility index (Phi) is 4.94. The van der Waals surface area contributed by atoms with Gasteiger partial charge in [-0.25, -0.2) is 0 Å². The minimum Gasteiger partial charge on any atom is -0.396 e. The van der Waals surface area contributed by atoms with E-state index in [9.17, 15) is 4.79 Å². The van der Waals surface area contributed by atoms with Gasteiger partial charge in [0.2, 0.25) is 5.91 Å². The lowest BCUT2D eigenvalue weighted by molar-refractivity contribution is -0.121. The number of nitrogens with one attached hydrogen (secondary N) is 1. The van der Waals surface area contributed by atoms with E-state index in [1.54, 1.807) is 0 Å². The van der Waals surface area contributed by atoms with Crippen LogP contribution < -0.4 is 5.32 Å². The molecule has 1 saturated carbocycles. The third-order valence-corrected chi connectivity index (χ3v) is 2.87. The number of amides is 1. The summed E-state index contributed by atoms with van der Waals surface area (Å²) >= 11 is 0. The zero-order chi connectivity index (χ0) is 10.4. The van der Waals surface area contributed by atoms with Crippen LogP contribution in [0.25, 0.3) is 0 Å². The summed E-state index contributed by atoms with van der Waals surface area (Å²) in [4.78, 5) is 11.3. The molecule has 82 valence electrons. The zero-order valence-electron chi connectivity index (χ0n) is 8.96. The SMILES string of the molecule is CCC(CCO)CNC(=O)CC1CC1. The monoisotopic (exact) mass is 199 g/mol. The summed E-state index contributed by atoms with van der Waals surface area (Å²) in [6, 6.07) is 0. The van der Waals surface area contributed by atoms with Gasteiger partial charge in [0, 0.05) is 19.6 Å². The molecule has 1 rings (SSSR count). The first-order valence-electron chi connectivity index (χ1n) is 5.63. The first kappa shape index (κ1) is 11.5. The molecule has 3 heteroatoms. The van der Waals surface area contributed by atoms with Crippen molar-refractivity contribution in [3.63, 3.8) is 0 Å². The van der Waals surface area contributed by atoms with Crippen molar-refractivity contribution in [2.75, 3.05) is 13.2 Å². The molecule has 1 aliphatic rings. The molecule has 0 saturated heterocycles. The minimum atomic E-state index is 0.184.